The number of nitrogens with one attached hydrogen (secondary N) is 1. The number of halogens is 3. The summed E-state index contributed by atoms with van der Waals surface area (Å²) in [6.45, 7) is 0. The molecular weight excluding hydrogens is 314 g/mol. The molecule has 0 aliphatic carbocycles. The molecule has 100 valence electrons. The molecule has 0 aliphatic rings. The highest BCUT2D eigenvalue weighted by Crippen LogP contribution is 2.22. The van der Waals surface area contributed by atoms with Gasteiger partial charge in [-0.15, -0.1) is 0 Å². The van der Waals surface area contributed by atoms with Crippen LogP contribution in [0.5, 0.6) is 0 Å². The van der Waals surface area contributed by atoms with E-state index in [1.807, 2.05) is 0 Å². The molecule has 5 heteroatoms. The number of rotatable bonds is 4. The van der Waals surface area contributed by atoms with Crippen molar-refractivity contribution >= 4 is 15.9 Å². The van der Waals surface area contributed by atoms with Crippen molar-refractivity contribution in [1.82, 2.24) is 5.43 Å². The molecule has 0 bridgehead atoms. The Kier molecular flexibility index (Phi) is 4.63. The molecule has 0 saturated carbocycles. The molecule has 1 atom stereocenters. The van der Waals surface area contributed by atoms with E-state index in [0.717, 1.165) is 4.47 Å². The van der Waals surface area contributed by atoms with Crippen LogP contribution in [0.15, 0.2) is 46.9 Å². The molecule has 0 heterocycles. The zero-order chi connectivity index (χ0) is 13.8. The van der Waals surface area contributed by atoms with Crippen molar-refractivity contribution in [2.75, 3.05) is 0 Å². The van der Waals surface area contributed by atoms with Gasteiger partial charge >= 0.3 is 0 Å². The molecule has 1 unspecified atom stereocenters. The average molecular weight is 327 g/mol. The highest BCUT2D eigenvalue weighted by molar-refractivity contribution is 9.10. The van der Waals surface area contributed by atoms with E-state index in [9.17, 15) is 8.78 Å². The van der Waals surface area contributed by atoms with Gasteiger partial charge in [-0.05, 0) is 47.9 Å². The van der Waals surface area contributed by atoms with E-state index < -0.39 is 0 Å². The zero-order valence-electron chi connectivity index (χ0n) is 10.0. The van der Waals surface area contributed by atoms with Crippen LogP contribution in [-0.4, -0.2) is 0 Å². The fourth-order valence-corrected chi connectivity index (χ4v) is 2.32. The SMILES string of the molecule is NNC(Cc1cc(Br)ccc1F)c1cccc(F)c1. The van der Waals surface area contributed by atoms with Crippen LogP contribution in [-0.2, 0) is 6.42 Å². The molecular formula is C14H13BrF2N2. The fraction of sp³-hybridized carbons (Fsp3) is 0.143. The summed E-state index contributed by atoms with van der Waals surface area (Å²) < 4.78 is 27.7. The lowest BCUT2D eigenvalue weighted by Gasteiger charge is -2.17. The largest absolute Gasteiger partial charge is 0.271 e. The van der Waals surface area contributed by atoms with Crippen LogP contribution in [0.1, 0.15) is 17.2 Å². The Morgan fingerprint density at radius 3 is 2.63 bits per heavy atom. The Bertz CT molecular complexity index is 575. The Morgan fingerprint density at radius 1 is 1.16 bits per heavy atom. The summed E-state index contributed by atoms with van der Waals surface area (Å²) in [6, 6.07) is 10.5. The second-order valence-corrected chi connectivity index (χ2v) is 5.13. The first kappa shape index (κ1) is 14.1. The van der Waals surface area contributed by atoms with Gasteiger partial charge in [0.15, 0.2) is 0 Å². The third kappa shape index (κ3) is 3.59. The first-order valence-corrected chi connectivity index (χ1v) is 6.55. The molecule has 2 nitrogen and oxygen atoms in total. The molecule has 0 saturated heterocycles. The minimum Gasteiger partial charge on any atom is -0.271 e. The number of benzene rings is 2. The van der Waals surface area contributed by atoms with E-state index in [1.165, 1.54) is 18.2 Å². The van der Waals surface area contributed by atoms with E-state index in [4.69, 9.17) is 5.84 Å². The van der Waals surface area contributed by atoms with Crippen LogP contribution >= 0.6 is 15.9 Å². The molecule has 0 aliphatic heterocycles. The van der Waals surface area contributed by atoms with Gasteiger partial charge in [0.1, 0.15) is 11.6 Å². The smallest absolute Gasteiger partial charge is 0.126 e. The lowest BCUT2D eigenvalue weighted by Crippen LogP contribution is -2.29. The van der Waals surface area contributed by atoms with Crippen molar-refractivity contribution in [3.63, 3.8) is 0 Å². The molecule has 19 heavy (non-hydrogen) atoms. The van der Waals surface area contributed by atoms with Crippen molar-refractivity contribution in [2.24, 2.45) is 5.84 Å². The van der Waals surface area contributed by atoms with E-state index in [0.29, 0.717) is 17.5 Å². The molecule has 0 fully saturated rings. The van der Waals surface area contributed by atoms with Crippen LogP contribution in [0, 0.1) is 11.6 Å². The molecule has 0 spiro atoms. The Labute approximate surface area is 118 Å². The highest BCUT2D eigenvalue weighted by Gasteiger charge is 2.14. The Balaban J connectivity index is 2.26. The van der Waals surface area contributed by atoms with Crippen molar-refractivity contribution in [1.29, 1.82) is 0 Å². The maximum Gasteiger partial charge on any atom is 0.126 e. The minimum atomic E-state index is -0.348. The van der Waals surface area contributed by atoms with Crippen molar-refractivity contribution in [3.8, 4) is 0 Å². The highest BCUT2D eigenvalue weighted by atomic mass is 79.9. The van der Waals surface area contributed by atoms with Crippen LogP contribution < -0.4 is 11.3 Å². The number of hydrogen-bond acceptors (Lipinski definition) is 2. The van der Waals surface area contributed by atoms with Gasteiger partial charge in [0.25, 0.3) is 0 Å². The monoisotopic (exact) mass is 326 g/mol. The fourth-order valence-electron chi connectivity index (χ4n) is 1.92. The third-order valence-corrected chi connectivity index (χ3v) is 3.38. The molecule has 0 radical (unpaired) electrons. The quantitative estimate of drug-likeness (QED) is 0.667. The molecule has 0 amide bonds. The van der Waals surface area contributed by atoms with Gasteiger partial charge in [-0.1, -0.05) is 28.1 Å². The van der Waals surface area contributed by atoms with Gasteiger partial charge in [-0.3, -0.25) is 11.3 Å². The normalized spacial score (nSPS) is 12.4. The molecule has 0 aromatic heterocycles. The Morgan fingerprint density at radius 2 is 1.95 bits per heavy atom. The zero-order valence-corrected chi connectivity index (χ0v) is 11.6. The third-order valence-electron chi connectivity index (χ3n) is 2.88. The van der Waals surface area contributed by atoms with E-state index in [-0.39, 0.29) is 17.7 Å². The van der Waals surface area contributed by atoms with E-state index in [1.54, 1.807) is 24.3 Å². The maximum absolute atomic E-state index is 13.7. The average Bonchev–Trinajstić information content (AvgIpc) is 2.39. The first-order valence-electron chi connectivity index (χ1n) is 5.75. The maximum atomic E-state index is 13.7. The van der Waals surface area contributed by atoms with Gasteiger partial charge < -0.3 is 0 Å². The number of hydrazine groups is 1. The van der Waals surface area contributed by atoms with Crippen molar-refractivity contribution in [3.05, 3.63) is 69.7 Å². The predicted octanol–water partition coefficient (Wildman–Crippen LogP) is 3.47. The second-order valence-electron chi connectivity index (χ2n) is 4.21. The number of hydrogen-bond donors (Lipinski definition) is 2. The van der Waals surface area contributed by atoms with Crippen molar-refractivity contribution in [2.45, 2.75) is 12.5 Å². The van der Waals surface area contributed by atoms with Crippen LogP contribution in [0.2, 0.25) is 0 Å². The molecule has 2 aromatic carbocycles. The van der Waals surface area contributed by atoms with E-state index >= 15 is 0 Å². The summed E-state index contributed by atoms with van der Waals surface area (Å²) in [4.78, 5) is 0. The van der Waals surface area contributed by atoms with Gasteiger partial charge in [-0.2, -0.15) is 0 Å². The lowest BCUT2D eigenvalue weighted by atomic mass is 9.99. The molecule has 2 aromatic rings. The predicted molar refractivity (Wildman–Crippen MR) is 74.3 cm³/mol. The summed E-state index contributed by atoms with van der Waals surface area (Å²) in [5, 5.41) is 0. The van der Waals surface area contributed by atoms with Gasteiger partial charge in [-0.25, -0.2) is 8.78 Å². The van der Waals surface area contributed by atoms with Gasteiger partial charge in [0.05, 0.1) is 6.04 Å². The van der Waals surface area contributed by atoms with Gasteiger partial charge in [0, 0.05) is 4.47 Å². The summed E-state index contributed by atoms with van der Waals surface area (Å²) in [6.07, 6.45) is 0.339. The van der Waals surface area contributed by atoms with Gasteiger partial charge in [0.2, 0.25) is 0 Å². The summed E-state index contributed by atoms with van der Waals surface area (Å²) in [5.41, 5.74) is 3.79. The van der Waals surface area contributed by atoms with Crippen LogP contribution in [0.4, 0.5) is 8.78 Å². The summed E-state index contributed by atoms with van der Waals surface area (Å²) in [7, 11) is 0. The minimum absolute atomic E-state index is 0.306. The Hall–Kier alpha value is -1.30. The topological polar surface area (TPSA) is 38.0 Å². The van der Waals surface area contributed by atoms with Crippen LogP contribution in [0.25, 0.3) is 0 Å². The standard InChI is InChI=1S/C14H13BrF2N2/c15-11-4-5-13(17)10(6-11)8-14(19-18)9-2-1-3-12(16)7-9/h1-7,14,19H,8,18H2. The summed E-state index contributed by atoms with van der Waals surface area (Å²) >= 11 is 3.30. The summed E-state index contributed by atoms with van der Waals surface area (Å²) in [5.74, 6) is 4.84. The van der Waals surface area contributed by atoms with Crippen molar-refractivity contribution < 1.29 is 8.78 Å². The van der Waals surface area contributed by atoms with E-state index in [2.05, 4.69) is 21.4 Å². The molecule has 3 N–H and O–H groups in total. The molecule has 2 rings (SSSR count). The second kappa shape index (κ2) is 6.23. The number of nitrogens with two attached hydrogens (primary N) is 1. The van der Waals surface area contributed by atoms with Crippen LogP contribution in [0.3, 0.4) is 0 Å². The lowest BCUT2D eigenvalue weighted by molar-refractivity contribution is 0.524. The first-order chi connectivity index (χ1) is 9.10.